The average molecular weight is 314 g/mol. The molecule has 6 heteroatoms. The quantitative estimate of drug-likeness (QED) is 0.941. The Hall–Kier alpha value is -2.63. The van der Waals surface area contributed by atoms with E-state index in [1.165, 1.54) is 4.90 Å². The summed E-state index contributed by atoms with van der Waals surface area (Å²) in [5, 5.41) is 9.28. The van der Waals surface area contributed by atoms with Crippen LogP contribution in [0.1, 0.15) is 29.6 Å². The van der Waals surface area contributed by atoms with Gasteiger partial charge < -0.3 is 14.4 Å². The highest BCUT2D eigenvalue weighted by Gasteiger charge is 2.43. The van der Waals surface area contributed by atoms with E-state index in [9.17, 15) is 14.7 Å². The predicted molar refractivity (Wildman–Crippen MR) is 82.9 cm³/mol. The Labute approximate surface area is 133 Å². The molecule has 0 bridgehead atoms. The molecule has 1 aliphatic heterocycles. The molecule has 0 aliphatic carbocycles. The summed E-state index contributed by atoms with van der Waals surface area (Å²) < 4.78 is 5.65. The molecule has 1 saturated heterocycles. The zero-order chi connectivity index (χ0) is 16.6. The summed E-state index contributed by atoms with van der Waals surface area (Å²) in [5.74, 6) is -0.612. The summed E-state index contributed by atoms with van der Waals surface area (Å²) in [6.07, 6.45) is 0.437. The maximum absolute atomic E-state index is 12.6. The van der Waals surface area contributed by atoms with Crippen LogP contribution >= 0.6 is 0 Å². The van der Waals surface area contributed by atoms with Gasteiger partial charge in [-0.05, 0) is 32.4 Å². The molecule has 1 amide bonds. The minimum atomic E-state index is -0.897. The highest BCUT2D eigenvalue weighted by molar-refractivity contribution is 5.93. The summed E-state index contributed by atoms with van der Waals surface area (Å²) in [4.78, 5) is 29.8. The van der Waals surface area contributed by atoms with Gasteiger partial charge in [-0.15, -0.1) is 0 Å². The van der Waals surface area contributed by atoms with Gasteiger partial charge in [-0.2, -0.15) is 0 Å². The first-order valence-corrected chi connectivity index (χ1v) is 7.46. The molecule has 0 saturated carbocycles. The van der Waals surface area contributed by atoms with Crippen LogP contribution in [0.5, 0.6) is 0 Å². The smallest absolute Gasteiger partial charge is 0.311 e. The van der Waals surface area contributed by atoms with E-state index in [4.69, 9.17) is 4.42 Å². The fourth-order valence-electron chi connectivity index (χ4n) is 2.75. The van der Waals surface area contributed by atoms with Crippen molar-refractivity contribution in [3.63, 3.8) is 0 Å². The monoisotopic (exact) mass is 314 g/mol. The summed E-state index contributed by atoms with van der Waals surface area (Å²) in [7, 11) is 0. The third-order valence-corrected chi connectivity index (χ3v) is 4.29. The average Bonchev–Trinajstić information content (AvgIpc) is 3.12. The summed E-state index contributed by atoms with van der Waals surface area (Å²) >= 11 is 0. The van der Waals surface area contributed by atoms with Gasteiger partial charge in [-0.25, -0.2) is 4.98 Å². The second kappa shape index (κ2) is 5.53. The number of hydrogen-bond donors (Lipinski definition) is 1. The molecule has 1 atom stereocenters. The van der Waals surface area contributed by atoms with Gasteiger partial charge in [0.2, 0.25) is 11.7 Å². The fourth-order valence-corrected chi connectivity index (χ4v) is 2.75. The normalized spacial score (nSPS) is 20.7. The molecule has 120 valence electrons. The van der Waals surface area contributed by atoms with E-state index in [1.807, 2.05) is 30.3 Å². The van der Waals surface area contributed by atoms with Crippen molar-refractivity contribution in [2.75, 3.05) is 13.1 Å². The Kier molecular flexibility index (Phi) is 3.67. The molecule has 0 radical (unpaired) electrons. The number of oxazole rings is 1. The number of likely N-dealkylation sites (tertiary alicyclic amines) is 1. The molecule has 1 aliphatic rings. The van der Waals surface area contributed by atoms with Crippen LogP contribution in [0.25, 0.3) is 11.5 Å². The van der Waals surface area contributed by atoms with E-state index in [1.54, 1.807) is 13.8 Å². The van der Waals surface area contributed by atoms with Crippen LogP contribution in [-0.4, -0.2) is 40.0 Å². The predicted octanol–water partition coefficient (Wildman–Crippen LogP) is 2.59. The zero-order valence-corrected chi connectivity index (χ0v) is 13.1. The number of hydrogen-bond acceptors (Lipinski definition) is 4. The Bertz CT molecular complexity index is 753. The van der Waals surface area contributed by atoms with Crippen molar-refractivity contribution in [1.29, 1.82) is 0 Å². The lowest BCUT2D eigenvalue weighted by molar-refractivity contribution is -0.147. The number of aliphatic carboxylic acids is 1. The minimum absolute atomic E-state index is 0.179. The van der Waals surface area contributed by atoms with Crippen molar-refractivity contribution in [1.82, 2.24) is 9.88 Å². The van der Waals surface area contributed by atoms with Crippen molar-refractivity contribution in [3.8, 4) is 11.5 Å². The SMILES string of the molecule is Cc1nc(-c2ccccc2)oc1C(=O)N1CCC(C)(C(=O)O)C1. The number of carboxylic acid groups (broad SMARTS) is 1. The molecule has 1 fully saturated rings. The van der Waals surface area contributed by atoms with E-state index in [0.717, 1.165) is 5.56 Å². The summed E-state index contributed by atoms with van der Waals surface area (Å²) in [5.41, 5.74) is 0.412. The number of carbonyl (C=O) groups excluding carboxylic acids is 1. The van der Waals surface area contributed by atoms with Crippen molar-refractivity contribution < 1.29 is 19.1 Å². The Balaban J connectivity index is 1.84. The van der Waals surface area contributed by atoms with Gasteiger partial charge in [0, 0.05) is 18.7 Å². The van der Waals surface area contributed by atoms with Gasteiger partial charge in [0.25, 0.3) is 5.91 Å². The highest BCUT2D eigenvalue weighted by atomic mass is 16.4. The number of aromatic nitrogens is 1. The number of carboxylic acids is 1. The van der Waals surface area contributed by atoms with Crippen LogP contribution in [0, 0.1) is 12.3 Å². The van der Waals surface area contributed by atoms with Crippen molar-refractivity contribution in [3.05, 3.63) is 41.8 Å². The van der Waals surface area contributed by atoms with Crippen molar-refractivity contribution >= 4 is 11.9 Å². The van der Waals surface area contributed by atoms with E-state index in [0.29, 0.717) is 24.6 Å². The molecule has 23 heavy (non-hydrogen) atoms. The molecule has 2 heterocycles. The fraction of sp³-hybridized carbons (Fsp3) is 0.353. The highest BCUT2D eigenvalue weighted by Crippen LogP contribution is 2.32. The second-order valence-electron chi connectivity index (χ2n) is 6.14. The molecular formula is C17H18N2O4. The molecule has 1 aromatic heterocycles. The van der Waals surface area contributed by atoms with Gasteiger partial charge in [0.05, 0.1) is 11.1 Å². The van der Waals surface area contributed by atoms with E-state index in [2.05, 4.69) is 4.98 Å². The zero-order valence-electron chi connectivity index (χ0n) is 13.1. The summed E-state index contributed by atoms with van der Waals surface area (Å²) in [6, 6.07) is 9.35. The van der Waals surface area contributed by atoms with E-state index >= 15 is 0 Å². The lowest BCUT2D eigenvalue weighted by Crippen LogP contribution is -2.35. The Morgan fingerprint density at radius 2 is 2.00 bits per heavy atom. The first-order chi connectivity index (χ1) is 10.9. The molecule has 1 N–H and O–H groups in total. The van der Waals surface area contributed by atoms with E-state index < -0.39 is 11.4 Å². The molecule has 3 rings (SSSR count). The van der Waals surface area contributed by atoms with Crippen LogP contribution in [0.2, 0.25) is 0 Å². The van der Waals surface area contributed by atoms with Crippen molar-refractivity contribution in [2.24, 2.45) is 5.41 Å². The van der Waals surface area contributed by atoms with Gasteiger partial charge in [-0.1, -0.05) is 18.2 Å². The van der Waals surface area contributed by atoms with Crippen LogP contribution < -0.4 is 0 Å². The van der Waals surface area contributed by atoms with Crippen LogP contribution in [0.4, 0.5) is 0 Å². The molecule has 1 aromatic carbocycles. The molecule has 2 aromatic rings. The van der Waals surface area contributed by atoms with Gasteiger partial charge in [-0.3, -0.25) is 9.59 Å². The van der Waals surface area contributed by atoms with Gasteiger partial charge in [0.1, 0.15) is 0 Å². The van der Waals surface area contributed by atoms with Gasteiger partial charge in [0.15, 0.2) is 0 Å². The van der Waals surface area contributed by atoms with Crippen molar-refractivity contribution in [2.45, 2.75) is 20.3 Å². The van der Waals surface area contributed by atoms with Crippen LogP contribution in [-0.2, 0) is 4.79 Å². The maximum atomic E-state index is 12.6. The lowest BCUT2D eigenvalue weighted by atomic mass is 9.90. The number of carbonyl (C=O) groups is 2. The third-order valence-electron chi connectivity index (χ3n) is 4.29. The molecule has 6 nitrogen and oxygen atoms in total. The minimum Gasteiger partial charge on any atom is -0.481 e. The largest absolute Gasteiger partial charge is 0.481 e. The molecular weight excluding hydrogens is 296 g/mol. The Morgan fingerprint density at radius 1 is 1.30 bits per heavy atom. The lowest BCUT2D eigenvalue weighted by Gasteiger charge is -2.19. The topological polar surface area (TPSA) is 83.6 Å². The first kappa shape index (κ1) is 15.3. The standard InChI is InChI=1S/C17H18N2O4/c1-11-13(23-14(18-11)12-6-4-3-5-7-12)15(20)19-9-8-17(2,10-19)16(21)22/h3-7H,8-10H2,1-2H3,(H,21,22). The molecule has 0 spiro atoms. The number of rotatable bonds is 3. The number of amides is 1. The van der Waals surface area contributed by atoms with Crippen LogP contribution in [0.3, 0.4) is 0 Å². The number of nitrogens with zero attached hydrogens (tertiary/aromatic N) is 2. The third kappa shape index (κ3) is 2.72. The first-order valence-electron chi connectivity index (χ1n) is 7.46. The summed E-state index contributed by atoms with van der Waals surface area (Å²) in [6.45, 7) is 3.96. The van der Waals surface area contributed by atoms with Gasteiger partial charge >= 0.3 is 5.97 Å². The number of benzene rings is 1. The van der Waals surface area contributed by atoms with Crippen LogP contribution in [0.15, 0.2) is 34.7 Å². The number of aryl methyl sites for hydroxylation is 1. The maximum Gasteiger partial charge on any atom is 0.311 e. The van der Waals surface area contributed by atoms with E-state index in [-0.39, 0.29) is 18.2 Å². The molecule has 1 unspecified atom stereocenters. The second-order valence-corrected chi connectivity index (χ2v) is 6.14. The Morgan fingerprint density at radius 3 is 2.61 bits per heavy atom.